The van der Waals surface area contributed by atoms with Crippen LogP contribution in [0.5, 0.6) is 0 Å². The van der Waals surface area contributed by atoms with Crippen LogP contribution in [0.4, 0.5) is 0 Å². The van der Waals surface area contributed by atoms with Crippen LogP contribution in [0.2, 0.25) is 0 Å². The molecule has 0 atom stereocenters. The summed E-state index contributed by atoms with van der Waals surface area (Å²) in [4.78, 5) is 0. The summed E-state index contributed by atoms with van der Waals surface area (Å²) in [6.45, 7) is 8.20. The predicted molar refractivity (Wildman–Crippen MR) is 62.4 cm³/mol. The molecule has 0 aliphatic rings. The molecule has 0 aliphatic heterocycles. The molecule has 0 saturated heterocycles. The zero-order valence-corrected chi connectivity index (χ0v) is 14.6. The number of unbranched alkanes of at least 4 members (excludes halogenated alkanes) is 2. The molecule has 0 saturated carbocycles. The van der Waals surface area contributed by atoms with Gasteiger partial charge in [-0.2, -0.15) is 0 Å². The molecule has 0 heterocycles. The Morgan fingerprint density at radius 3 is 1.56 bits per heavy atom. The Balaban J connectivity index is -0.000000845. The Labute approximate surface area is 143 Å². The van der Waals surface area contributed by atoms with Crippen LogP contribution in [0.15, 0.2) is 0 Å². The van der Waals surface area contributed by atoms with E-state index < -0.39 is 0 Å². The second-order valence-corrected chi connectivity index (χ2v) is 3.67. The average Bonchev–Trinajstić information content (AvgIpc) is 2.18. The van der Waals surface area contributed by atoms with Crippen LogP contribution >= 0.6 is 0 Å². The molecule has 0 spiro atoms. The first kappa shape index (κ1) is 22.7. The topological polar surface area (TPSA) is 48.5 Å². The molecule has 0 radical (unpaired) electrons. The van der Waals surface area contributed by atoms with E-state index in [-0.39, 0.29) is 63.2 Å². The summed E-state index contributed by atoms with van der Waals surface area (Å²) in [6.07, 6.45) is 6.84. The average molecular weight is 258 g/mol. The molecule has 1 N–H and O–H groups in total. The number of rotatable bonds is 10. The van der Waals surface area contributed by atoms with E-state index in [0.717, 1.165) is 38.9 Å². The van der Waals surface area contributed by atoms with Crippen molar-refractivity contribution in [2.45, 2.75) is 65.6 Å². The van der Waals surface area contributed by atoms with Gasteiger partial charge in [0.1, 0.15) is 0 Å². The van der Waals surface area contributed by atoms with Gasteiger partial charge in [-0.05, 0) is 19.3 Å². The molecule has 94 valence electrons. The standard InChI is InChI=1S/C12H26O2.K.H2O/c1-4-7-10-13-12(9-6-3)14-11-8-5-2;;/h12H,4-11H2,1-3H3;;1H2/q;+1;/p-1. The quantitative estimate of drug-likeness (QED) is 0.327. The van der Waals surface area contributed by atoms with Gasteiger partial charge in [-0.15, -0.1) is 0 Å². The van der Waals surface area contributed by atoms with Crippen molar-refractivity contribution >= 4 is 0 Å². The number of hydrogen-bond acceptors (Lipinski definition) is 3. The maximum Gasteiger partial charge on any atom is 1.00 e. The van der Waals surface area contributed by atoms with Crippen LogP contribution in [-0.2, 0) is 9.47 Å². The van der Waals surface area contributed by atoms with Gasteiger partial charge in [0.05, 0.1) is 0 Å². The molecule has 0 aliphatic carbocycles. The first-order chi connectivity index (χ1) is 6.85. The maximum absolute atomic E-state index is 5.65. The molecule has 0 amide bonds. The van der Waals surface area contributed by atoms with Gasteiger partial charge in [-0.3, -0.25) is 0 Å². The van der Waals surface area contributed by atoms with Crippen molar-refractivity contribution in [1.82, 2.24) is 0 Å². The molecule has 0 aromatic rings. The van der Waals surface area contributed by atoms with Crippen LogP contribution in [0.3, 0.4) is 0 Å². The zero-order chi connectivity index (χ0) is 10.6. The SMILES string of the molecule is CCCCOC(CCC)OCCCC.[K+].[OH-]. The first-order valence-electron chi connectivity index (χ1n) is 6.08. The van der Waals surface area contributed by atoms with E-state index in [0.29, 0.717) is 0 Å². The summed E-state index contributed by atoms with van der Waals surface area (Å²) in [6, 6.07) is 0. The van der Waals surface area contributed by atoms with Crippen molar-refractivity contribution in [2.75, 3.05) is 13.2 Å². The van der Waals surface area contributed by atoms with Crippen LogP contribution < -0.4 is 51.4 Å². The third-order valence-electron chi connectivity index (χ3n) is 2.13. The molecular weight excluding hydrogens is 231 g/mol. The van der Waals surface area contributed by atoms with Crippen molar-refractivity contribution < 1.29 is 66.3 Å². The second kappa shape index (κ2) is 18.9. The fraction of sp³-hybridized carbons (Fsp3) is 1.00. The molecule has 16 heavy (non-hydrogen) atoms. The van der Waals surface area contributed by atoms with Crippen LogP contribution in [-0.4, -0.2) is 25.0 Å². The van der Waals surface area contributed by atoms with E-state index in [9.17, 15) is 0 Å². The molecule has 0 fully saturated rings. The molecule has 0 bridgehead atoms. The molecule has 0 aromatic heterocycles. The molecule has 3 nitrogen and oxygen atoms in total. The Kier molecular flexibility index (Phi) is 26.7. The smallest absolute Gasteiger partial charge is 0.870 e. The minimum absolute atomic E-state index is 0. The first-order valence-corrected chi connectivity index (χ1v) is 6.08. The van der Waals surface area contributed by atoms with Gasteiger partial charge >= 0.3 is 51.4 Å². The van der Waals surface area contributed by atoms with Crippen molar-refractivity contribution in [1.29, 1.82) is 0 Å². The van der Waals surface area contributed by atoms with E-state index >= 15 is 0 Å². The van der Waals surface area contributed by atoms with Gasteiger partial charge in [0.15, 0.2) is 6.29 Å². The van der Waals surface area contributed by atoms with Gasteiger partial charge < -0.3 is 14.9 Å². The van der Waals surface area contributed by atoms with Gasteiger partial charge in [0.25, 0.3) is 0 Å². The van der Waals surface area contributed by atoms with E-state index in [1.807, 2.05) is 0 Å². The normalized spacial score (nSPS) is 9.75. The maximum atomic E-state index is 5.65. The fourth-order valence-corrected chi connectivity index (χ4v) is 1.17. The Morgan fingerprint density at radius 2 is 1.25 bits per heavy atom. The van der Waals surface area contributed by atoms with Gasteiger partial charge in [0.2, 0.25) is 0 Å². The summed E-state index contributed by atoms with van der Waals surface area (Å²) in [5.74, 6) is 0. The van der Waals surface area contributed by atoms with Crippen LogP contribution in [0, 0.1) is 0 Å². The molecule has 0 unspecified atom stereocenters. The summed E-state index contributed by atoms with van der Waals surface area (Å²) in [5.41, 5.74) is 0. The van der Waals surface area contributed by atoms with Crippen molar-refractivity contribution in [3.05, 3.63) is 0 Å². The minimum Gasteiger partial charge on any atom is -0.870 e. The zero-order valence-electron chi connectivity index (χ0n) is 11.5. The summed E-state index contributed by atoms with van der Waals surface area (Å²) in [5, 5.41) is 0. The van der Waals surface area contributed by atoms with E-state index in [1.165, 1.54) is 12.8 Å². The molecule has 0 aromatic carbocycles. The minimum atomic E-state index is 0. The van der Waals surface area contributed by atoms with Crippen molar-refractivity contribution in [2.24, 2.45) is 0 Å². The Morgan fingerprint density at radius 1 is 0.812 bits per heavy atom. The van der Waals surface area contributed by atoms with Gasteiger partial charge in [-0.1, -0.05) is 40.0 Å². The molecule has 0 rings (SSSR count). The predicted octanol–water partition coefficient (Wildman–Crippen LogP) is 0.573. The van der Waals surface area contributed by atoms with Crippen molar-refractivity contribution in [3.63, 3.8) is 0 Å². The monoisotopic (exact) mass is 258 g/mol. The summed E-state index contributed by atoms with van der Waals surface area (Å²) < 4.78 is 11.3. The van der Waals surface area contributed by atoms with Gasteiger partial charge in [0, 0.05) is 13.2 Å². The fourth-order valence-electron chi connectivity index (χ4n) is 1.17. The number of ether oxygens (including phenoxy) is 2. The third-order valence-corrected chi connectivity index (χ3v) is 2.13. The Bertz CT molecular complexity index is 102. The van der Waals surface area contributed by atoms with E-state index in [1.54, 1.807) is 0 Å². The van der Waals surface area contributed by atoms with Crippen LogP contribution in [0.25, 0.3) is 0 Å². The number of hydrogen-bond donors (Lipinski definition) is 0. The van der Waals surface area contributed by atoms with E-state index in [4.69, 9.17) is 9.47 Å². The third kappa shape index (κ3) is 15.5. The second-order valence-electron chi connectivity index (χ2n) is 3.67. The van der Waals surface area contributed by atoms with E-state index in [2.05, 4.69) is 20.8 Å². The van der Waals surface area contributed by atoms with Crippen molar-refractivity contribution in [3.8, 4) is 0 Å². The van der Waals surface area contributed by atoms with Gasteiger partial charge in [-0.25, -0.2) is 0 Å². The molecular formula is C12H27KO3. The molecule has 4 heteroatoms. The summed E-state index contributed by atoms with van der Waals surface area (Å²) >= 11 is 0. The Hall–Kier alpha value is 1.52. The largest absolute Gasteiger partial charge is 1.00 e. The van der Waals surface area contributed by atoms with Crippen LogP contribution in [0.1, 0.15) is 59.3 Å². The summed E-state index contributed by atoms with van der Waals surface area (Å²) in [7, 11) is 0.